The van der Waals surface area contributed by atoms with Crippen molar-refractivity contribution < 1.29 is 18.7 Å². The number of hydrogen-bond donors (Lipinski definition) is 3. The summed E-state index contributed by atoms with van der Waals surface area (Å²) < 4.78 is 25.0. The Kier molecular flexibility index (Phi) is 2.32. The van der Waals surface area contributed by atoms with Gasteiger partial charge in [0.25, 0.3) is 0 Å². The molecule has 0 aromatic heterocycles. The van der Waals surface area contributed by atoms with Crippen molar-refractivity contribution in [3.8, 4) is 0 Å². The molecule has 0 radical (unpaired) electrons. The Morgan fingerprint density at radius 3 is 2.46 bits per heavy atom. The maximum absolute atomic E-state index is 12.5. The zero-order chi connectivity index (χ0) is 10.0. The second-order valence-corrected chi connectivity index (χ2v) is 2.28. The Morgan fingerprint density at radius 2 is 1.92 bits per heavy atom. The van der Waals surface area contributed by atoms with Crippen LogP contribution in [-0.4, -0.2) is 11.2 Å². The molecule has 0 fully saturated rings. The molecule has 0 aliphatic rings. The van der Waals surface area contributed by atoms with Gasteiger partial charge in [-0.2, -0.15) is 0 Å². The highest BCUT2D eigenvalue weighted by Crippen LogP contribution is 2.21. The first-order valence-corrected chi connectivity index (χ1v) is 3.25. The highest BCUT2D eigenvalue weighted by molar-refractivity contribution is 5.87. The summed E-state index contributed by atoms with van der Waals surface area (Å²) in [7, 11) is 0. The minimum atomic E-state index is -1.39. The van der Waals surface area contributed by atoms with E-state index in [4.69, 9.17) is 10.8 Å². The van der Waals surface area contributed by atoms with Crippen LogP contribution in [-0.2, 0) is 0 Å². The van der Waals surface area contributed by atoms with Crippen LogP contribution in [0.2, 0.25) is 0 Å². The second kappa shape index (κ2) is 3.26. The minimum absolute atomic E-state index is 0.165. The van der Waals surface area contributed by atoms with E-state index in [0.29, 0.717) is 12.1 Å². The van der Waals surface area contributed by atoms with Crippen LogP contribution in [0.3, 0.4) is 0 Å². The van der Waals surface area contributed by atoms with Crippen molar-refractivity contribution in [2.45, 2.75) is 0 Å². The van der Waals surface area contributed by atoms with Crippen molar-refractivity contribution in [3.63, 3.8) is 0 Å². The number of carboxylic acid groups (broad SMARTS) is 1. The van der Waals surface area contributed by atoms with Crippen LogP contribution >= 0.6 is 0 Å². The zero-order valence-corrected chi connectivity index (χ0v) is 6.34. The van der Waals surface area contributed by atoms with Crippen molar-refractivity contribution in [3.05, 3.63) is 23.8 Å². The maximum atomic E-state index is 12.5. The average molecular weight is 188 g/mol. The van der Waals surface area contributed by atoms with Crippen molar-refractivity contribution >= 4 is 17.5 Å². The molecule has 1 aromatic carbocycles. The van der Waals surface area contributed by atoms with E-state index in [9.17, 15) is 13.6 Å². The van der Waals surface area contributed by atoms with Gasteiger partial charge in [-0.15, -0.1) is 0 Å². The molecule has 0 bridgehead atoms. The number of rotatable bonds is 1. The van der Waals surface area contributed by atoms with Crippen LogP contribution in [0.25, 0.3) is 0 Å². The van der Waals surface area contributed by atoms with Gasteiger partial charge in [0.05, 0.1) is 11.4 Å². The van der Waals surface area contributed by atoms with E-state index in [0.717, 1.165) is 0 Å². The molecule has 6 heteroatoms. The third kappa shape index (κ3) is 2.05. The summed E-state index contributed by atoms with van der Waals surface area (Å²) in [6, 6.07) is 1.39. The molecule has 0 unspecified atom stereocenters. The van der Waals surface area contributed by atoms with Gasteiger partial charge in [0.15, 0.2) is 11.6 Å². The van der Waals surface area contributed by atoms with Gasteiger partial charge in [-0.05, 0) is 0 Å². The van der Waals surface area contributed by atoms with E-state index < -0.39 is 17.7 Å². The van der Waals surface area contributed by atoms with E-state index in [-0.39, 0.29) is 11.4 Å². The van der Waals surface area contributed by atoms with Crippen molar-refractivity contribution in [2.75, 3.05) is 11.1 Å². The fourth-order valence-electron chi connectivity index (χ4n) is 0.786. The summed E-state index contributed by atoms with van der Waals surface area (Å²) in [5, 5.41) is 10.1. The molecule has 70 valence electrons. The fourth-order valence-corrected chi connectivity index (χ4v) is 0.786. The lowest BCUT2D eigenvalue weighted by molar-refractivity contribution is 0.210. The number of halogens is 2. The molecular formula is C7H6F2N2O2. The molecule has 0 saturated heterocycles. The van der Waals surface area contributed by atoms with Gasteiger partial charge in [-0.25, -0.2) is 13.6 Å². The number of nitrogens with two attached hydrogens (primary N) is 1. The van der Waals surface area contributed by atoms with Gasteiger partial charge >= 0.3 is 6.09 Å². The van der Waals surface area contributed by atoms with Crippen molar-refractivity contribution in [1.82, 2.24) is 0 Å². The first-order chi connectivity index (χ1) is 6.00. The van der Waals surface area contributed by atoms with Gasteiger partial charge in [-0.1, -0.05) is 0 Å². The van der Waals surface area contributed by atoms with Gasteiger partial charge in [0.1, 0.15) is 0 Å². The fraction of sp³-hybridized carbons (Fsp3) is 0. The lowest BCUT2D eigenvalue weighted by Crippen LogP contribution is -2.10. The molecule has 0 atom stereocenters. The number of benzene rings is 1. The van der Waals surface area contributed by atoms with E-state index in [1.807, 2.05) is 5.32 Å². The smallest absolute Gasteiger partial charge is 0.409 e. The molecule has 4 N–H and O–H groups in total. The van der Waals surface area contributed by atoms with Crippen LogP contribution in [0.4, 0.5) is 25.0 Å². The van der Waals surface area contributed by atoms with Crippen LogP contribution in [0.1, 0.15) is 0 Å². The number of nitrogens with one attached hydrogen (secondary N) is 1. The molecule has 1 amide bonds. The lowest BCUT2D eigenvalue weighted by Gasteiger charge is -2.04. The Labute approximate surface area is 72.0 Å². The molecule has 13 heavy (non-hydrogen) atoms. The molecule has 0 aliphatic carbocycles. The third-order valence-corrected chi connectivity index (χ3v) is 1.33. The number of amides is 1. The highest BCUT2D eigenvalue weighted by atomic mass is 19.2. The zero-order valence-electron chi connectivity index (χ0n) is 6.34. The number of nitrogen functional groups attached to an aromatic ring is 1. The summed E-state index contributed by atoms with van der Waals surface area (Å²) in [6.07, 6.45) is -1.39. The average Bonchev–Trinajstić information content (AvgIpc) is 1.99. The van der Waals surface area contributed by atoms with Gasteiger partial charge in [0, 0.05) is 12.1 Å². The van der Waals surface area contributed by atoms with Crippen LogP contribution < -0.4 is 11.1 Å². The molecule has 0 spiro atoms. The van der Waals surface area contributed by atoms with Crippen LogP contribution in [0.15, 0.2) is 12.1 Å². The third-order valence-electron chi connectivity index (χ3n) is 1.33. The summed E-state index contributed by atoms with van der Waals surface area (Å²) in [5.74, 6) is -2.27. The molecule has 1 rings (SSSR count). The Morgan fingerprint density at radius 1 is 1.38 bits per heavy atom. The van der Waals surface area contributed by atoms with Gasteiger partial charge < -0.3 is 10.8 Å². The predicted molar refractivity (Wildman–Crippen MR) is 42.4 cm³/mol. The van der Waals surface area contributed by atoms with Gasteiger partial charge in [-0.3, -0.25) is 5.32 Å². The number of hydrogen-bond acceptors (Lipinski definition) is 2. The summed E-state index contributed by atoms with van der Waals surface area (Å²) in [5.41, 5.74) is 4.87. The topological polar surface area (TPSA) is 75.3 Å². The van der Waals surface area contributed by atoms with E-state index in [1.165, 1.54) is 0 Å². The molecule has 4 nitrogen and oxygen atoms in total. The van der Waals surface area contributed by atoms with E-state index in [2.05, 4.69) is 0 Å². The lowest BCUT2D eigenvalue weighted by atomic mass is 10.2. The number of anilines is 2. The molecule has 0 heterocycles. The van der Waals surface area contributed by atoms with Gasteiger partial charge in [0.2, 0.25) is 0 Å². The summed E-state index contributed by atoms with van der Waals surface area (Å²) in [6.45, 7) is 0. The molecule has 1 aromatic rings. The second-order valence-electron chi connectivity index (χ2n) is 2.28. The molecular weight excluding hydrogens is 182 g/mol. The monoisotopic (exact) mass is 188 g/mol. The number of carbonyl (C=O) groups is 1. The maximum Gasteiger partial charge on any atom is 0.409 e. The Hall–Kier alpha value is -1.85. The van der Waals surface area contributed by atoms with Crippen molar-refractivity contribution in [1.29, 1.82) is 0 Å². The standard InChI is InChI=1S/C7H6F2N2O2/c8-3-1-5(10)6(2-4(3)9)11-7(12)13/h1-2,11H,10H2,(H,12,13). The highest BCUT2D eigenvalue weighted by Gasteiger charge is 2.08. The van der Waals surface area contributed by atoms with Crippen molar-refractivity contribution in [2.24, 2.45) is 0 Å². The van der Waals surface area contributed by atoms with E-state index in [1.54, 1.807) is 0 Å². The quantitative estimate of drug-likeness (QED) is 0.586. The first kappa shape index (κ1) is 9.24. The van der Waals surface area contributed by atoms with E-state index >= 15 is 0 Å². The Balaban J connectivity index is 3.08. The molecule has 0 aliphatic heterocycles. The minimum Gasteiger partial charge on any atom is -0.465 e. The Bertz CT molecular complexity index is 355. The summed E-state index contributed by atoms with van der Waals surface area (Å²) >= 11 is 0. The predicted octanol–water partition coefficient (Wildman–Crippen LogP) is 1.64. The SMILES string of the molecule is Nc1cc(F)c(F)cc1NC(=O)O. The van der Waals surface area contributed by atoms with Crippen LogP contribution in [0, 0.1) is 11.6 Å². The first-order valence-electron chi connectivity index (χ1n) is 3.25. The van der Waals surface area contributed by atoms with Crippen LogP contribution in [0.5, 0.6) is 0 Å². The molecule has 0 saturated carbocycles. The largest absolute Gasteiger partial charge is 0.465 e. The summed E-state index contributed by atoms with van der Waals surface area (Å²) in [4.78, 5) is 10.1. The normalized spacial score (nSPS) is 9.69.